The highest BCUT2D eigenvalue weighted by Gasteiger charge is 2.31. The van der Waals surface area contributed by atoms with Crippen LogP contribution in [0.3, 0.4) is 0 Å². The summed E-state index contributed by atoms with van der Waals surface area (Å²) in [5, 5.41) is 18.7. The Hall–Kier alpha value is -0.690. The van der Waals surface area contributed by atoms with Crippen LogP contribution in [0.5, 0.6) is 0 Å². The van der Waals surface area contributed by atoms with Gasteiger partial charge in [0.2, 0.25) is 5.91 Å². The van der Waals surface area contributed by atoms with Crippen molar-refractivity contribution < 1.29 is 15.0 Å². The Balaban J connectivity index is 1.96. The molecule has 1 amide bonds. The van der Waals surface area contributed by atoms with Crippen LogP contribution < -0.4 is 0 Å². The Morgan fingerprint density at radius 3 is 2.59 bits per heavy atom. The van der Waals surface area contributed by atoms with Crippen molar-refractivity contribution in [1.29, 1.82) is 0 Å². The number of amides is 1. The van der Waals surface area contributed by atoms with Gasteiger partial charge in [-0.25, -0.2) is 0 Å². The van der Waals surface area contributed by atoms with Gasteiger partial charge in [-0.15, -0.1) is 11.3 Å². The van der Waals surface area contributed by atoms with E-state index in [1.54, 1.807) is 6.08 Å². The van der Waals surface area contributed by atoms with Crippen LogP contribution in [-0.4, -0.2) is 46.3 Å². The van der Waals surface area contributed by atoms with Crippen LogP contribution in [0.25, 0.3) is 6.08 Å². The van der Waals surface area contributed by atoms with Crippen molar-refractivity contribution in [1.82, 2.24) is 4.90 Å². The number of carbonyl (C=O) groups is 1. The number of halogens is 1. The molecular formula is C11H12BrNO3S. The SMILES string of the molecule is O=C(C=Cc1ccc(Br)s1)N1C[C@@H](O)[C@@H](O)C1. The number of aliphatic hydroxyl groups is 2. The second-order valence-electron chi connectivity index (χ2n) is 3.85. The molecule has 1 aromatic rings. The molecule has 0 radical (unpaired) electrons. The average molecular weight is 318 g/mol. The molecule has 4 nitrogen and oxygen atoms in total. The fourth-order valence-electron chi connectivity index (χ4n) is 1.63. The van der Waals surface area contributed by atoms with Crippen molar-refractivity contribution in [3.63, 3.8) is 0 Å². The van der Waals surface area contributed by atoms with Crippen LogP contribution in [-0.2, 0) is 4.79 Å². The topological polar surface area (TPSA) is 60.8 Å². The van der Waals surface area contributed by atoms with Crippen molar-refractivity contribution >= 4 is 39.2 Å². The first-order valence-electron chi connectivity index (χ1n) is 5.15. The molecule has 6 heteroatoms. The second-order valence-corrected chi connectivity index (χ2v) is 6.35. The van der Waals surface area contributed by atoms with Crippen molar-refractivity contribution in [2.45, 2.75) is 12.2 Å². The largest absolute Gasteiger partial charge is 0.388 e. The van der Waals surface area contributed by atoms with Crippen LogP contribution in [0.1, 0.15) is 4.88 Å². The number of nitrogens with zero attached hydrogens (tertiary/aromatic N) is 1. The van der Waals surface area contributed by atoms with Crippen LogP contribution >= 0.6 is 27.3 Å². The number of hydrogen-bond acceptors (Lipinski definition) is 4. The van der Waals surface area contributed by atoms with Crippen LogP contribution in [0.15, 0.2) is 22.0 Å². The van der Waals surface area contributed by atoms with E-state index in [9.17, 15) is 15.0 Å². The first-order chi connectivity index (χ1) is 8.06. The quantitative estimate of drug-likeness (QED) is 0.803. The molecule has 1 fully saturated rings. The molecule has 17 heavy (non-hydrogen) atoms. The van der Waals surface area contributed by atoms with E-state index < -0.39 is 12.2 Å². The van der Waals surface area contributed by atoms with E-state index >= 15 is 0 Å². The van der Waals surface area contributed by atoms with Crippen molar-refractivity contribution in [3.8, 4) is 0 Å². The fourth-order valence-corrected chi connectivity index (χ4v) is 2.95. The zero-order valence-corrected chi connectivity index (χ0v) is 11.3. The van der Waals surface area contributed by atoms with Gasteiger partial charge in [0.25, 0.3) is 0 Å². The van der Waals surface area contributed by atoms with Gasteiger partial charge in [0.05, 0.1) is 16.0 Å². The zero-order chi connectivity index (χ0) is 12.4. The summed E-state index contributed by atoms with van der Waals surface area (Å²) in [6.07, 6.45) is 1.53. The third-order valence-electron chi connectivity index (χ3n) is 2.55. The summed E-state index contributed by atoms with van der Waals surface area (Å²) in [5.74, 6) is -0.190. The molecule has 0 unspecified atom stereocenters. The summed E-state index contributed by atoms with van der Waals surface area (Å²) in [6, 6.07) is 3.82. The van der Waals surface area contributed by atoms with E-state index in [2.05, 4.69) is 15.9 Å². The molecule has 2 heterocycles. The van der Waals surface area contributed by atoms with Gasteiger partial charge in [0, 0.05) is 24.0 Å². The molecule has 2 rings (SSSR count). The summed E-state index contributed by atoms with van der Waals surface area (Å²) < 4.78 is 1.01. The maximum Gasteiger partial charge on any atom is 0.246 e. The molecule has 2 atom stereocenters. The first-order valence-corrected chi connectivity index (χ1v) is 6.75. The predicted molar refractivity (Wildman–Crippen MR) is 69.6 cm³/mol. The van der Waals surface area contributed by atoms with Gasteiger partial charge in [-0.1, -0.05) is 0 Å². The minimum atomic E-state index is -0.830. The highest BCUT2D eigenvalue weighted by molar-refractivity contribution is 9.11. The average Bonchev–Trinajstić information content (AvgIpc) is 2.83. The summed E-state index contributed by atoms with van der Waals surface area (Å²) in [7, 11) is 0. The Kier molecular flexibility index (Phi) is 3.98. The molecule has 0 aliphatic carbocycles. The molecule has 1 aromatic heterocycles. The van der Waals surface area contributed by atoms with E-state index in [0.29, 0.717) is 0 Å². The Morgan fingerprint density at radius 1 is 1.41 bits per heavy atom. The number of aliphatic hydroxyl groups excluding tert-OH is 2. The van der Waals surface area contributed by atoms with E-state index in [0.717, 1.165) is 8.66 Å². The number of carbonyl (C=O) groups excluding carboxylic acids is 1. The molecule has 0 aromatic carbocycles. The standard InChI is InChI=1S/C11H12BrNO3S/c12-10-3-1-7(17-10)2-4-11(16)13-5-8(14)9(15)6-13/h1-4,8-9,14-15H,5-6H2/t8-,9+. The Morgan fingerprint density at radius 2 is 2.06 bits per heavy atom. The molecule has 0 saturated carbocycles. The zero-order valence-electron chi connectivity index (χ0n) is 8.91. The Bertz CT molecular complexity index is 436. The summed E-state index contributed by atoms with van der Waals surface area (Å²) in [5.41, 5.74) is 0. The normalized spacial score (nSPS) is 24.8. The monoisotopic (exact) mass is 317 g/mol. The van der Waals surface area contributed by atoms with Crippen molar-refractivity contribution in [2.24, 2.45) is 0 Å². The minimum Gasteiger partial charge on any atom is -0.388 e. The second kappa shape index (κ2) is 5.30. The molecule has 1 aliphatic rings. The molecule has 0 spiro atoms. The number of β-amino-alcohol motifs (C(OH)–C–C–N with tert-alkyl or cyclic N) is 2. The van der Waals surface area contributed by atoms with E-state index in [4.69, 9.17) is 0 Å². The van der Waals surface area contributed by atoms with Crippen LogP contribution in [0.4, 0.5) is 0 Å². The third-order valence-corrected chi connectivity index (χ3v) is 4.14. The smallest absolute Gasteiger partial charge is 0.246 e. The Labute approximate surface area is 111 Å². The van der Waals surface area contributed by atoms with Gasteiger partial charge in [0.1, 0.15) is 0 Å². The molecule has 2 N–H and O–H groups in total. The van der Waals surface area contributed by atoms with E-state index in [1.807, 2.05) is 12.1 Å². The van der Waals surface area contributed by atoms with E-state index in [1.165, 1.54) is 22.3 Å². The first kappa shape index (κ1) is 12.8. The molecular weight excluding hydrogens is 306 g/mol. The van der Waals surface area contributed by atoms with Gasteiger partial charge >= 0.3 is 0 Å². The molecule has 1 aliphatic heterocycles. The predicted octanol–water partition coefficient (Wildman–Crippen LogP) is 1.09. The number of rotatable bonds is 2. The summed E-state index contributed by atoms with van der Waals surface area (Å²) in [6.45, 7) is 0.386. The maximum atomic E-state index is 11.7. The highest BCUT2D eigenvalue weighted by Crippen LogP contribution is 2.23. The van der Waals surface area contributed by atoms with Gasteiger partial charge in [-0.2, -0.15) is 0 Å². The van der Waals surface area contributed by atoms with Gasteiger partial charge in [0.15, 0.2) is 0 Å². The molecule has 0 bridgehead atoms. The summed E-state index contributed by atoms with van der Waals surface area (Å²) >= 11 is 4.88. The lowest BCUT2D eigenvalue weighted by molar-refractivity contribution is -0.125. The third kappa shape index (κ3) is 3.16. The van der Waals surface area contributed by atoms with Crippen molar-refractivity contribution in [3.05, 3.63) is 26.9 Å². The number of hydrogen-bond donors (Lipinski definition) is 2. The lowest BCUT2D eigenvalue weighted by atomic mass is 10.3. The molecule has 1 saturated heterocycles. The lowest BCUT2D eigenvalue weighted by Gasteiger charge is -2.11. The van der Waals surface area contributed by atoms with Crippen LogP contribution in [0.2, 0.25) is 0 Å². The fraction of sp³-hybridized carbons (Fsp3) is 0.364. The minimum absolute atomic E-state index is 0.190. The molecule has 92 valence electrons. The maximum absolute atomic E-state index is 11.7. The number of likely N-dealkylation sites (tertiary alicyclic amines) is 1. The summed E-state index contributed by atoms with van der Waals surface area (Å²) in [4.78, 5) is 14.1. The van der Waals surface area contributed by atoms with Gasteiger partial charge < -0.3 is 15.1 Å². The number of thiophene rings is 1. The van der Waals surface area contributed by atoms with E-state index in [-0.39, 0.29) is 19.0 Å². The lowest BCUT2D eigenvalue weighted by Crippen LogP contribution is -2.27. The highest BCUT2D eigenvalue weighted by atomic mass is 79.9. The van der Waals surface area contributed by atoms with Gasteiger partial charge in [-0.05, 0) is 34.1 Å². The van der Waals surface area contributed by atoms with Gasteiger partial charge in [-0.3, -0.25) is 4.79 Å². The van der Waals surface area contributed by atoms with Crippen molar-refractivity contribution in [2.75, 3.05) is 13.1 Å². The van der Waals surface area contributed by atoms with Crippen LogP contribution in [0, 0.1) is 0 Å².